The summed E-state index contributed by atoms with van der Waals surface area (Å²) in [6.07, 6.45) is 0.110. The molecular weight excluding hydrogens is 350 g/mol. The van der Waals surface area contributed by atoms with E-state index in [1.165, 1.54) is 0 Å². The second-order valence-electron chi connectivity index (χ2n) is 6.11. The van der Waals surface area contributed by atoms with Gasteiger partial charge in [0, 0.05) is 13.0 Å². The van der Waals surface area contributed by atoms with E-state index in [0.717, 1.165) is 11.1 Å². The summed E-state index contributed by atoms with van der Waals surface area (Å²) in [4.78, 5) is 34.1. The number of carboxylic acids is 1. The lowest BCUT2D eigenvalue weighted by Crippen LogP contribution is -2.30. The fraction of sp³-hybridized carbons (Fsp3) is 0.250. The van der Waals surface area contributed by atoms with Gasteiger partial charge in [-0.2, -0.15) is 0 Å². The molecule has 2 aromatic carbocycles. The summed E-state index contributed by atoms with van der Waals surface area (Å²) in [5.41, 5.74) is 2.40. The van der Waals surface area contributed by atoms with Crippen LogP contribution in [0.2, 0.25) is 0 Å². The van der Waals surface area contributed by atoms with Crippen LogP contribution in [0.4, 0.5) is 0 Å². The van der Waals surface area contributed by atoms with Crippen LogP contribution in [0.25, 0.3) is 0 Å². The van der Waals surface area contributed by atoms with Gasteiger partial charge in [-0.25, -0.2) is 4.79 Å². The lowest BCUT2D eigenvalue weighted by Gasteiger charge is -2.25. The van der Waals surface area contributed by atoms with Gasteiger partial charge in [0.05, 0.1) is 12.0 Å². The molecule has 1 aliphatic rings. The molecule has 1 aliphatic heterocycles. The van der Waals surface area contributed by atoms with Gasteiger partial charge in [0.2, 0.25) is 0 Å². The third-order valence-corrected chi connectivity index (χ3v) is 4.17. The molecule has 1 heterocycles. The molecule has 0 fully saturated rings. The lowest BCUT2D eigenvalue weighted by molar-refractivity contribution is -0.137. The summed E-state index contributed by atoms with van der Waals surface area (Å²) < 4.78 is 10.9. The van der Waals surface area contributed by atoms with Crippen molar-refractivity contribution in [3.63, 3.8) is 0 Å². The zero-order valence-electron chi connectivity index (χ0n) is 14.5. The van der Waals surface area contributed by atoms with Crippen molar-refractivity contribution in [3.05, 3.63) is 65.2 Å². The molecule has 0 radical (unpaired) electrons. The maximum absolute atomic E-state index is 12.1. The van der Waals surface area contributed by atoms with Crippen LogP contribution in [0, 0.1) is 0 Å². The minimum Gasteiger partial charge on any atom is -0.484 e. The van der Waals surface area contributed by atoms with Crippen LogP contribution >= 0.6 is 0 Å². The molecule has 7 heteroatoms. The molecule has 0 saturated carbocycles. The van der Waals surface area contributed by atoms with E-state index in [1.807, 2.05) is 18.2 Å². The molecule has 0 aromatic heterocycles. The number of hydrogen-bond donors (Lipinski definition) is 2. The van der Waals surface area contributed by atoms with Crippen LogP contribution in [0.3, 0.4) is 0 Å². The number of carbonyl (C=O) groups excluding carboxylic acids is 2. The molecule has 2 aromatic rings. The van der Waals surface area contributed by atoms with E-state index < -0.39 is 11.9 Å². The van der Waals surface area contributed by atoms with Gasteiger partial charge in [-0.05, 0) is 29.3 Å². The van der Waals surface area contributed by atoms with Gasteiger partial charge in [0.15, 0.2) is 6.61 Å². The van der Waals surface area contributed by atoms with Gasteiger partial charge in [0.25, 0.3) is 5.91 Å². The summed E-state index contributed by atoms with van der Waals surface area (Å²) >= 11 is 0. The number of fused-ring (bicyclic) bond motifs is 1. The number of carbonyl (C=O) groups is 3. The molecule has 7 nitrogen and oxygen atoms in total. The summed E-state index contributed by atoms with van der Waals surface area (Å²) in [5.74, 6) is -1.20. The lowest BCUT2D eigenvalue weighted by atomic mass is 9.95. The van der Waals surface area contributed by atoms with Crippen molar-refractivity contribution in [2.75, 3.05) is 13.2 Å². The van der Waals surface area contributed by atoms with Gasteiger partial charge in [-0.1, -0.05) is 30.3 Å². The number of nitrogens with one attached hydrogen (secondary N) is 1. The minimum atomic E-state index is -0.974. The van der Waals surface area contributed by atoms with E-state index in [9.17, 15) is 14.4 Å². The average molecular weight is 369 g/mol. The normalized spacial score (nSPS) is 15.4. The molecule has 1 amide bonds. The van der Waals surface area contributed by atoms with Crippen LogP contribution in [-0.4, -0.2) is 36.1 Å². The molecular formula is C20H19NO6. The van der Waals surface area contributed by atoms with Crippen molar-refractivity contribution in [1.29, 1.82) is 0 Å². The molecule has 0 aliphatic carbocycles. The topological polar surface area (TPSA) is 102 Å². The van der Waals surface area contributed by atoms with Crippen molar-refractivity contribution in [2.24, 2.45) is 0 Å². The van der Waals surface area contributed by atoms with Gasteiger partial charge in [-0.3, -0.25) is 9.59 Å². The molecule has 3 rings (SSSR count). The molecule has 0 unspecified atom stereocenters. The number of aliphatic carboxylic acids is 1. The van der Waals surface area contributed by atoms with Gasteiger partial charge >= 0.3 is 11.9 Å². The summed E-state index contributed by atoms with van der Waals surface area (Å²) in [7, 11) is 0. The fourth-order valence-corrected chi connectivity index (χ4v) is 2.80. The van der Waals surface area contributed by atoms with Crippen LogP contribution < -0.4 is 10.1 Å². The van der Waals surface area contributed by atoms with E-state index in [2.05, 4.69) is 5.32 Å². The molecule has 0 spiro atoms. The Kier molecular flexibility index (Phi) is 5.71. The van der Waals surface area contributed by atoms with E-state index in [0.29, 0.717) is 17.7 Å². The Morgan fingerprint density at radius 1 is 1.15 bits per heavy atom. The minimum absolute atomic E-state index is 0.0605. The first-order chi connectivity index (χ1) is 13.0. The van der Waals surface area contributed by atoms with Gasteiger partial charge < -0.3 is 19.9 Å². The Morgan fingerprint density at radius 2 is 1.89 bits per heavy atom. The summed E-state index contributed by atoms with van der Waals surface area (Å²) in [5, 5.41) is 11.0. The monoisotopic (exact) mass is 369 g/mol. The third-order valence-electron chi connectivity index (χ3n) is 4.17. The maximum Gasteiger partial charge on any atom is 0.339 e. The summed E-state index contributed by atoms with van der Waals surface area (Å²) in [6, 6.07) is 14.4. The number of cyclic esters (lactones) is 1. The molecule has 140 valence electrons. The van der Waals surface area contributed by atoms with E-state index in [1.54, 1.807) is 30.3 Å². The zero-order chi connectivity index (χ0) is 19.2. The van der Waals surface area contributed by atoms with Gasteiger partial charge in [-0.15, -0.1) is 0 Å². The molecule has 1 atom stereocenters. The van der Waals surface area contributed by atoms with Crippen LogP contribution in [0.15, 0.2) is 48.5 Å². The second-order valence-corrected chi connectivity index (χ2v) is 6.11. The molecule has 0 saturated heterocycles. The van der Waals surface area contributed by atoms with Gasteiger partial charge in [0.1, 0.15) is 11.9 Å². The number of carboxylic acid groups (broad SMARTS) is 1. The number of rotatable bonds is 7. The standard InChI is InChI=1S/C20H19NO6/c22-18(21-10-9-19(23)24)12-26-15-7-5-13(6-8-15)17-11-14-3-1-2-4-16(14)20(25)27-17/h1-8,17H,9-12H2,(H,21,22)(H,23,24)/t17-/m1/s1. The fourth-order valence-electron chi connectivity index (χ4n) is 2.80. The smallest absolute Gasteiger partial charge is 0.339 e. The Hall–Kier alpha value is -3.35. The maximum atomic E-state index is 12.1. The predicted octanol–water partition coefficient (Wildman–Crippen LogP) is 2.11. The largest absolute Gasteiger partial charge is 0.484 e. The van der Waals surface area contributed by atoms with Crippen molar-refractivity contribution in [1.82, 2.24) is 5.32 Å². The molecule has 2 N–H and O–H groups in total. The van der Waals surface area contributed by atoms with Crippen molar-refractivity contribution >= 4 is 17.8 Å². The van der Waals surface area contributed by atoms with Crippen molar-refractivity contribution < 1.29 is 29.0 Å². The molecule has 27 heavy (non-hydrogen) atoms. The Bertz CT molecular complexity index is 846. The number of ether oxygens (including phenoxy) is 2. The van der Waals surface area contributed by atoms with Crippen molar-refractivity contribution in [3.8, 4) is 5.75 Å². The predicted molar refractivity (Wildman–Crippen MR) is 95.5 cm³/mol. The zero-order valence-corrected chi connectivity index (χ0v) is 14.5. The highest BCUT2D eigenvalue weighted by Crippen LogP contribution is 2.31. The highest BCUT2D eigenvalue weighted by atomic mass is 16.5. The number of hydrogen-bond acceptors (Lipinski definition) is 5. The molecule has 0 bridgehead atoms. The third kappa shape index (κ3) is 4.84. The number of esters is 1. The number of amides is 1. The van der Waals surface area contributed by atoms with E-state index in [-0.39, 0.29) is 31.6 Å². The number of benzene rings is 2. The Morgan fingerprint density at radius 3 is 2.63 bits per heavy atom. The van der Waals surface area contributed by atoms with Crippen molar-refractivity contribution in [2.45, 2.75) is 18.9 Å². The van der Waals surface area contributed by atoms with Crippen LogP contribution in [0.1, 0.15) is 34.0 Å². The highest BCUT2D eigenvalue weighted by molar-refractivity contribution is 5.92. The average Bonchev–Trinajstić information content (AvgIpc) is 2.66. The quantitative estimate of drug-likeness (QED) is 0.725. The first-order valence-corrected chi connectivity index (χ1v) is 8.53. The van der Waals surface area contributed by atoms with E-state index >= 15 is 0 Å². The van der Waals surface area contributed by atoms with Crippen LogP contribution in [-0.2, 0) is 20.7 Å². The SMILES string of the molecule is O=C(O)CCNC(=O)COc1ccc([C@H]2Cc3ccccc3C(=O)O2)cc1. The second kappa shape index (κ2) is 8.35. The first-order valence-electron chi connectivity index (χ1n) is 8.53. The summed E-state index contributed by atoms with van der Waals surface area (Å²) in [6.45, 7) is -0.143. The Labute approximate surface area is 155 Å². The van der Waals surface area contributed by atoms with E-state index in [4.69, 9.17) is 14.6 Å². The first kappa shape index (κ1) is 18.4. The Balaban J connectivity index is 1.54. The van der Waals surface area contributed by atoms with Crippen LogP contribution in [0.5, 0.6) is 5.75 Å². The highest BCUT2D eigenvalue weighted by Gasteiger charge is 2.26.